The van der Waals surface area contributed by atoms with Crippen molar-refractivity contribution in [2.24, 2.45) is 0 Å². The maximum Gasteiger partial charge on any atom is 0.122 e. The van der Waals surface area contributed by atoms with Gasteiger partial charge in [0.25, 0.3) is 0 Å². The van der Waals surface area contributed by atoms with Gasteiger partial charge in [-0.05, 0) is 31.4 Å². The molecule has 4 heteroatoms. The fraction of sp³-hybridized carbons (Fsp3) is 0.471. The van der Waals surface area contributed by atoms with E-state index in [2.05, 4.69) is 42.6 Å². The molecule has 0 radical (unpaired) electrons. The van der Waals surface area contributed by atoms with Gasteiger partial charge < -0.3 is 10.1 Å². The maximum atomic E-state index is 5.82. The molecule has 0 fully saturated rings. The molecule has 112 valence electrons. The molecule has 0 saturated carbocycles. The van der Waals surface area contributed by atoms with Gasteiger partial charge in [-0.15, -0.1) is 0 Å². The summed E-state index contributed by atoms with van der Waals surface area (Å²) < 4.78 is 7.86. The van der Waals surface area contributed by atoms with Crippen molar-refractivity contribution in [1.29, 1.82) is 0 Å². The van der Waals surface area contributed by atoms with Gasteiger partial charge in [0.1, 0.15) is 12.4 Å². The molecule has 2 heterocycles. The number of aromatic nitrogens is 2. The van der Waals surface area contributed by atoms with Crippen LogP contribution in [0.2, 0.25) is 0 Å². The van der Waals surface area contributed by atoms with E-state index >= 15 is 0 Å². The van der Waals surface area contributed by atoms with E-state index < -0.39 is 0 Å². The molecule has 1 N–H and O–H groups in total. The van der Waals surface area contributed by atoms with E-state index in [-0.39, 0.29) is 0 Å². The maximum absolute atomic E-state index is 5.82. The van der Waals surface area contributed by atoms with Crippen LogP contribution in [-0.2, 0) is 19.5 Å². The number of fused-ring (bicyclic) bond motifs is 1. The van der Waals surface area contributed by atoms with Gasteiger partial charge in [0.2, 0.25) is 0 Å². The first-order valence-corrected chi connectivity index (χ1v) is 7.73. The van der Waals surface area contributed by atoms with E-state index in [0.29, 0.717) is 6.04 Å². The Morgan fingerprint density at radius 2 is 2.24 bits per heavy atom. The monoisotopic (exact) mass is 285 g/mol. The average molecular weight is 285 g/mol. The minimum absolute atomic E-state index is 0.369. The van der Waals surface area contributed by atoms with Crippen LogP contribution < -0.4 is 10.1 Å². The van der Waals surface area contributed by atoms with Gasteiger partial charge >= 0.3 is 0 Å². The Balaban J connectivity index is 1.59. The number of benzene rings is 1. The zero-order valence-electron chi connectivity index (χ0n) is 12.8. The fourth-order valence-corrected chi connectivity index (χ4v) is 2.79. The minimum Gasteiger partial charge on any atom is -0.492 e. The number of ether oxygens (including phenoxy) is 1. The number of nitrogens with zero attached hydrogens (tertiary/aromatic N) is 2. The number of nitrogens with one attached hydrogen (secondary N) is 1. The van der Waals surface area contributed by atoms with E-state index in [4.69, 9.17) is 4.74 Å². The number of rotatable bonds is 5. The van der Waals surface area contributed by atoms with Crippen LogP contribution in [-0.4, -0.2) is 22.4 Å². The molecule has 1 aromatic carbocycles. The highest BCUT2D eigenvalue weighted by atomic mass is 16.5. The third-order valence-electron chi connectivity index (χ3n) is 3.96. The highest BCUT2D eigenvalue weighted by Crippen LogP contribution is 2.24. The van der Waals surface area contributed by atoms with Crippen molar-refractivity contribution in [1.82, 2.24) is 15.1 Å². The van der Waals surface area contributed by atoms with Crippen LogP contribution in [0.3, 0.4) is 0 Å². The third kappa shape index (κ3) is 3.27. The van der Waals surface area contributed by atoms with Crippen molar-refractivity contribution in [3.63, 3.8) is 0 Å². The Morgan fingerprint density at radius 3 is 3.10 bits per heavy atom. The normalized spacial score (nSPS) is 17.3. The molecule has 3 rings (SSSR count). The van der Waals surface area contributed by atoms with Crippen molar-refractivity contribution in [2.45, 2.75) is 45.8 Å². The SMILES string of the molecule is CCCn1cc(CN[C@H]2COc3ccccc3C2)c(C)n1. The molecule has 1 aromatic heterocycles. The summed E-state index contributed by atoms with van der Waals surface area (Å²) in [6.07, 6.45) is 4.29. The molecule has 0 spiro atoms. The molecule has 4 nitrogen and oxygen atoms in total. The lowest BCUT2D eigenvalue weighted by atomic mass is 10.0. The van der Waals surface area contributed by atoms with E-state index in [9.17, 15) is 0 Å². The molecule has 1 aliphatic heterocycles. The predicted molar refractivity (Wildman–Crippen MR) is 83.5 cm³/mol. The summed E-state index contributed by atoms with van der Waals surface area (Å²) in [6.45, 7) is 6.83. The Hall–Kier alpha value is -1.81. The largest absolute Gasteiger partial charge is 0.492 e. The first-order chi connectivity index (χ1) is 10.3. The second-order valence-electron chi connectivity index (χ2n) is 5.70. The standard InChI is InChI=1S/C17H23N3O/c1-3-8-20-11-15(13(2)19-20)10-18-16-9-14-6-4-5-7-17(14)21-12-16/h4-7,11,16,18H,3,8-10,12H2,1-2H3/t16-/m1/s1. The molecular weight excluding hydrogens is 262 g/mol. The van der Waals surface area contributed by atoms with Gasteiger partial charge in [0, 0.05) is 30.9 Å². The van der Waals surface area contributed by atoms with Crippen LogP contribution >= 0.6 is 0 Å². The van der Waals surface area contributed by atoms with Gasteiger partial charge in [-0.25, -0.2) is 0 Å². The summed E-state index contributed by atoms with van der Waals surface area (Å²) in [5.74, 6) is 1.03. The molecule has 1 aliphatic rings. The van der Waals surface area contributed by atoms with Crippen molar-refractivity contribution in [3.05, 3.63) is 47.3 Å². The number of hydrogen-bond acceptors (Lipinski definition) is 3. The lowest BCUT2D eigenvalue weighted by Crippen LogP contribution is -2.38. The summed E-state index contributed by atoms with van der Waals surface area (Å²) in [5.41, 5.74) is 3.69. The van der Waals surface area contributed by atoms with Gasteiger partial charge in [0.05, 0.1) is 5.69 Å². The summed E-state index contributed by atoms with van der Waals surface area (Å²) in [4.78, 5) is 0. The second-order valence-corrected chi connectivity index (χ2v) is 5.70. The van der Waals surface area contributed by atoms with E-state index in [1.54, 1.807) is 0 Å². The minimum atomic E-state index is 0.369. The molecule has 0 bridgehead atoms. The van der Waals surface area contributed by atoms with Crippen LogP contribution in [0, 0.1) is 6.92 Å². The Morgan fingerprint density at radius 1 is 1.38 bits per heavy atom. The Bertz CT molecular complexity index is 606. The third-order valence-corrected chi connectivity index (χ3v) is 3.96. The number of aryl methyl sites for hydroxylation is 2. The first-order valence-electron chi connectivity index (χ1n) is 7.73. The number of para-hydroxylation sites is 1. The predicted octanol–water partition coefficient (Wildman–Crippen LogP) is 2.69. The number of hydrogen-bond donors (Lipinski definition) is 1. The van der Waals surface area contributed by atoms with Gasteiger partial charge in [-0.3, -0.25) is 4.68 Å². The highest BCUT2D eigenvalue weighted by molar-refractivity contribution is 5.35. The highest BCUT2D eigenvalue weighted by Gasteiger charge is 2.19. The van der Waals surface area contributed by atoms with E-state index in [1.807, 2.05) is 16.8 Å². The van der Waals surface area contributed by atoms with Gasteiger partial charge in [-0.2, -0.15) is 5.10 Å². The van der Waals surface area contributed by atoms with Crippen LogP contribution in [0.25, 0.3) is 0 Å². The van der Waals surface area contributed by atoms with E-state index in [1.165, 1.54) is 11.1 Å². The first kappa shape index (κ1) is 14.1. The summed E-state index contributed by atoms with van der Waals surface area (Å²) in [5, 5.41) is 8.14. The molecular formula is C17H23N3O. The Kier molecular flexibility index (Phi) is 4.25. The summed E-state index contributed by atoms with van der Waals surface area (Å²) in [6, 6.07) is 8.66. The van der Waals surface area contributed by atoms with Crippen LogP contribution in [0.15, 0.2) is 30.5 Å². The van der Waals surface area contributed by atoms with Crippen molar-refractivity contribution in [3.8, 4) is 5.75 Å². The van der Waals surface area contributed by atoms with Crippen LogP contribution in [0.1, 0.15) is 30.2 Å². The molecule has 21 heavy (non-hydrogen) atoms. The van der Waals surface area contributed by atoms with Crippen LogP contribution in [0.4, 0.5) is 0 Å². The Labute approximate surface area is 126 Å². The molecule has 0 saturated heterocycles. The fourth-order valence-electron chi connectivity index (χ4n) is 2.79. The molecule has 0 aliphatic carbocycles. The van der Waals surface area contributed by atoms with Gasteiger partial charge in [0.15, 0.2) is 0 Å². The van der Waals surface area contributed by atoms with Crippen molar-refractivity contribution in [2.75, 3.05) is 6.61 Å². The van der Waals surface area contributed by atoms with Crippen molar-refractivity contribution < 1.29 is 4.74 Å². The molecule has 0 amide bonds. The summed E-state index contributed by atoms with van der Waals surface area (Å²) >= 11 is 0. The zero-order chi connectivity index (χ0) is 14.7. The lowest BCUT2D eigenvalue weighted by Gasteiger charge is -2.26. The van der Waals surface area contributed by atoms with Crippen molar-refractivity contribution >= 4 is 0 Å². The van der Waals surface area contributed by atoms with E-state index in [0.717, 1.165) is 44.0 Å². The average Bonchev–Trinajstić information content (AvgIpc) is 2.85. The molecule has 1 atom stereocenters. The molecule has 0 unspecified atom stereocenters. The topological polar surface area (TPSA) is 39.1 Å². The quantitative estimate of drug-likeness (QED) is 0.918. The van der Waals surface area contributed by atoms with Crippen LogP contribution in [0.5, 0.6) is 5.75 Å². The smallest absolute Gasteiger partial charge is 0.122 e. The molecule has 2 aromatic rings. The van der Waals surface area contributed by atoms with Gasteiger partial charge in [-0.1, -0.05) is 25.1 Å². The summed E-state index contributed by atoms with van der Waals surface area (Å²) in [7, 11) is 0. The zero-order valence-corrected chi connectivity index (χ0v) is 12.8. The second kappa shape index (κ2) is 6.31. The lowest BCUT2D eigenvalue weighted by molar-refractivity contribution is 0.238.